The Morgan fingerprint density at radius 1 is 1.06 bits per heavy atom. The number of pyridine rings is 1. The first kappa shape index (κ1) is 23.1. The number of benzene rings is 2. The number of aliphatic hydroxyl groups is 1. The van der Waals surface area contributed by atoms with Crippen LogP contribution >= 0.6 is 0 Å². The molecule has 2 aliphatic heterocycles. The highest BCUT2D eigenvalue weighted by Gasteiger charge is 2.47. The molecular weight excluding hydrogens is 464 g/mol. The molecule has 3 heterocycles. The lowest BCUT2D eigenvalue weighted by atomic mass is 9.96. The minimum atomic E-state index is -0.986. The van der Waals surface area contributed by atoms with Crippen LogP contribution in [0.25, 0.3) is 5.76 Å². The topological polar surface area (TPSA) is 115 Å². The van der Waals surface area contributed by atoms with Gasteiger partial charge in [-0.15, -0.1) is 0 Å². The van der Waals surface area contributed by atoms with Crippen molar-refractivity contribution in [3.63, 3.8) is 0 Å². The molecule has 9 heteroatoms. The van der Waals surface area contributed by atoms with E-state index in [2.05, 4.69) is 4.98 Å². The van der Waals surface area contributed by atoms with E-state index in [0.717, 1.165) is 0 Å². The van der Waals surface area contributed by atoms with E-state index in [4.69, 9.17) is 14.2 Å². The maximum Gasteiger partial charge on any atom is 0.338 e. The summed E-state index contributed by atoms with van der Waals surface area (Å²) in [6, 6.07) is 13.4. The third-order valence-corrected chi connectivity index (χ3v) is 5.79. The molecule has 0 saturated carbocycles. The van der Waals surface area contributed by atoms with E-state index in [-0.39, 0.29) is 29.8 Å². The van der Waals surface area contributed by atoms with Gasteiger partial charge in [-0.2, -0.15) is 0 Å². The zero-order valence-corrected chi connectivity index (χ0v) is 19.5. The van der Waals surface area contributed by atoms with E-state index in [1.807, 2.05) is 0 Å². The molecule has 0 aliphatic carbocycles. The monoisotopic (exact) mass is 486 g/mol. The number of aromatic nitrogens is 1. The Morgan fingerprint density at radius 2 is 1.86 bits per heavy atom. The van der Waals surface area contributed by atoms with Gasteiger partial charge >= 0.3 is 5.97 Å². The van der Waals surface area contributed by atoms with Crippen molar-refractivity contribution in [3.8, 4) is 11.5 Å². The molecule has 0 bridgehead atoms. The molecule has 9 nitrogen and oxygen atoms in total. The van der Waals surface area contributed by atoms with Crippen molar-refractivity contribution in [1.29, 1.82) is 0 Å². The predicted molar refractivity (Wildman–Crippen MR) is 129 cm³/mol. The van der Waals surface area contributed by atoms with Gasteiger partial charge in [0.25, 0.3) is 11.7 Å². The minimum Gasteiger partial charge on any atom is -0.507 e. The fourth-order valence-corrected chi connectivity index (χ4v) is 4.22. The van der Waals surface area contributed by atoms with Crippen LogP contribution in [0.2, 0.25) is 0 Å². The highest BCUT2D eigenvalue weighted by Crippen LogP contribution is 2.43. The SMILES string of the molecule is CC(C)OC(=O)c1cccc(N2C(=O)C(=O)/C(=C(\O)c3ccc4c(c3)OCO4)C2c2cccnc2)c1. The normalized spacial score (nSPS) is 18.1. The molecule has 1 saturated heterocycles. The summed E-state index contributed by atoms with van der Waals surface area (Å²) in [6.45, 7) is 3.52. The van der Waals surface area contributed by atoms with Gasteiger partial charge in [-0.3, -0.25) is 19.5 Å². The number of fused-ring (bicyclic) bond motifs is 1. The fraction of sp³-hybridized carbons (Fsp3) is 0.185. The van der Waals surface area contributed by atoms with E-state index in [9.17, 15) is 19.5 Å². The van der Waals surface area contributed by atoms with E-state index < -0.39 is 23.7 Å². The van der Waals surface area contributed by atoms with Crippen molar-refractivity contribution in [2.75, 3.05) is 11.7 Å². The smallest absolute Gasteiger partial charge is 0.338 e. The molecule has 2 aliphatic rings. The van der Waals surface area contributed by atoms with Crippen LogP contribution in [0.4, 0.5) is 5.69 Å². The third-order valence-electron chi connectivity index (χ3n) is 5.79. The quantitative estimate of drug-likeness (QED) is 0.249. The molecule has 1 N–H and O–H groups in total. The number of carbonyl (C=O) groups excluding carboxylic acids is 3. The summed E-state index contributed by atoms with van der Waals surface area (Å²) in [6.07, 6.45) is 2.76. The molecule has 0 spiro atoms. The van der Waals surface area contributed by atoms with Gasteiger partial charge in [0.05, 0.1) is 23.3 Å². The highest BCUT2D eigenvalue weighted by molar-refractivity contribution is 6.51. The van der Waals surface area contributed by atoms with Crippen molar-refractivity contribution >= 4 is 29.1 Å². The van der Waals surface area contributed by atoms with Gasteiger partial charge in [0, 0.05) is 23.6 Å². The lowest BCUT2D eigenvalue weighted by Crippen LogP contribution is -2.29. The number of carbonyl (C=O) groups is 3. The summed E-state index contributed by atoms with van der Waals surface area (Å²) in [7, 11) is 0. The number of rotatable bonds is 5. The Balaban J connectivity index is 1.64. The molecule has 182 valence electrons. The Kier molecular flexibility index (Phi) is 5.89. The van der Waals surface area contributed by atoms with Gasteiger partial charge in [-0.25, -0.2) is 4.79 Å². The van der Waals surface area contributed by atoms with Crippen LogP contribution < -0.4 is 14.4 Å². The van der Waals surface area contributed by atoms with E-state index in [0.29, 0.717) is 28.3 Å². The summed E-state index contributed by atoms with van der Waals surface area (Å²) in [4.78, 5) is 44.5. The number of hydrogen-bond acceptors (Lipinski definition) is 8. The second-order valence-electron chi connectivity index (χ2n) is 8.53. The lowest BCUT2D eigenvalue weighted by Gasteiger charge is -2.25. The third kappa shape index (κ3) is 4.04. The average Bonchev–Trinajstić information content (AvgIpc) is 3.45. The Bertz CT molecular complexity index is 1400. The molecule has 1 amide bonds. The molecule has 1 unspecified atom stereocenters. The van der Waals surface area contributed by atoms with Gasteiger partial charge in [0.1, 0.15) is 5.76 Å². The Morgan fingerprint density at radius 3 is 2.61 bits per heavy atom. The number of ketones is 1. The molecule has 3 aromatic rings. The van der Waals surface area contributed by atoms with Crippen molar-refractivity contribution in [3.05, 3.63) is 89.3 Å². The number of amides is 1. The lowest BCUT2D eigenvalue weighted by molar-refractivity contribution is -0.132. The van der Waals surface area contributed by atoms with Gasteiger partial charge in [-0.1, -0.05) is 12.1 Å². The van der Waals surface area contributed by atoms with Crippen LogP contribution in [0, 0.1) is 0 Å². The summed E-state index contributed by atoms with van der Waals surface area (Å²) in [5.41, 5.74) is 1.22. The maximum atomic E-state index is 13.3. The molecule has 1 atom stereocenters. The summed E-state index contributed by atoms with van der Waals surface area (Å²) >= 11 is 0. The van der Waals surface area contributed by atoms with Crippen molar-refractivity contribution in [2.24, 2.45) is 0 Å². The van der Waals surface area contributed by atoms with Gasteiger partial charge in [0.2, 0.25) is 6.79 Å². The summed E-state index contributed by atoms with van der Waals surface area (Å²) in [5.74, 6) is -1.70. The van der Waals surface area contributed by atoms with Crippen LogP contribution in [-0.2, 0) is 14.3 Å². The molecule has 5 rings (SSSR count). The number of aliphatic hydroxyl groups excluding tert-OH is 1. The van der Waals surface area contributed by atoms with Crippen molar-refractivity contribution in [2.45, 2.75) is 26.0 Å². The van der Waals surface area contributed by atoms with Gasteiger partial charge in [0.15, 0.2) is 11.5 Å². The van der Waals surface area contributed by atoms with E-state index >= 15 is 0 Å². The largest absolute Gasteiger partial charge is 0.507 e. The Labute approximate surface area is 206 Å². The van der Waals surface area contributed by atoms with E-state index in [1.165, 1.54) is 17.2 Å². The van der Waals surface area contributed by atoms with Crippen LogP contribution in [0.15, 0.2) is 72.6 Å². The molecule has 1 fully saturated rings. The molecular formula is C27H22N2O7. The zero-order valence-electron chi connectivity index (χ0n) is 19.5. The minimum absolute atomic E-state index is 0.0508. The number of esters is 1. The zero-order chi connectivity index (χ0) is 25.4. The highest BCUT2D eigenvalue weighted by atomic mass is 16.7. The second-order valence-corrected chi connectivity index (χ2v) is 8.53. The molecule has 1 aromatic heterocycles. The number of nitrogens with zero attached hydrogens (tertiary/aromatic N) is 2. The predicted octanol–water partition coefficient (Wildman–Crippen LogP) is 4.00. The number of hydrogen-bond donors (Lipinski definition) is 1. The van der Waals surface area contributed by atoms with E-state index in [1.54, 1.807) is 68.6 Å². The summed E-state index contributed by atoms with van der Waals surface area (Å²) < 4.78 is 16.0. The first-order valence-corrected chi connectivity index (χ1v) is 11.3. The average molecular weight is 486 g/mol. The first-order chi connectivity index (χ1) is 17.3. The van der Waals surface area contributed by atoms with Crippen molar-refractivity contribution < 1.29 is 33.7 Å². The van der Waals surface area contributed by atoms with Crippen LogP contribution in [0.5, 0.6) is 11.5 Å². The molecule has 0 radical (unpaired) electrons. The number of Topliss-reactive ketones (excluding diaryl/α,β-unsaturated/α-hetero) is 1. The standard InChI is InChI=1S/C27H22N2O7/c1-15(2)36-27(33)17-5-3-7-19(11-17)29-23(18-6-4-10-28-13-18)22(25(31)26(29)32)24(30)16-8-9-20-21(12-16)35-14-34-20/h3-13,15,23,30H,14H2,1-2H3/b24-22-. The molecule has 36 heavy (non-hydrogen) atoms. The summed E-state index contributed by atoms with van der Waals surface area (Å²) in [5, 5.41) is 11.3. The molecule has 2 aromatic carbocycles. The number of anilines is 1. The Hall–Kier alpha value is -4.66. The first-order valence-electron chi connectivity index (χ1n) is 11.3. The number of ether oxygens (including phenoxy) is 3. The maximum absolute atomic E-state index is 13.3. The second kappa shape index (κ2) is 9.18. The van der Waals surface area contributed by atoms with Crippen LogP contribution in [0.1, 0.15) is 41.4 Å². The fourth-order valence-electron chi connectivity index (χ4n) is 4.22. The van der Waals surface area contributed by atoms with Crippen molar-refractivity contribution in [1.82, 2.24) is 4.98 Å². The van der Waals surface area contributed by atoms with Crippen LogP contribution in [0.3, 0.4) is 0 Å². The van der Waals surface area contributed by atoms with Crippen LogP contribution in [-0.4, -0.2) is 40.6 Å². The van der Waals surface area contributed by atoms with Gasteiger partial charge < -0.3 is 19.3 Å². The van der Waals surface area contributed by atoms with Gasteiger partial charge in [-0.05, 0) is 61.9 Å².